The predicted molar refractivity (Wildman–Crippen MR) is 165 cm³/mol. The maximum Gasteiger partial charge on any atom is 0.272 e. The number of ether oxygens (including phenoxy) is 1. The van der Waals surface area contributed by atoms with Crippen molar-refractivity contribution in [3.8, 4) is 5.75 Å². The lowest BCUT2D eigenvalue weighted by atomic mass is 10.1. The molecule has 1 atom stereocenters. The van der Waals surface area contributed by atoms with Crippen molar-refractivity contribution in [1.29, 1.82) is 0 Å². The van der Waals surface area contributed by atoms with Crippen LogP contribution in [0.25, 0.3) is 6.08 Å². The summed E-state index contributed by atoms with van der Waals surface area (Å²) in [4.78, 5) is 39.8. The first-order valence-corrected chi connectivity index (χ1v) is 14.0. The number of hydrogen-bond donors (Lipinski definition) is 3. The minimum Gasteiger partial charge on any atom is -0.494 e. The smallest absolute Gasteiger partial charge is 0.272 e. The summed E-state index contributed by atoms with van der Waals surface area (Å²) in [5, 5.41) is 8.13. The zero-order valence-electron chi connectivity index (χ0n) is 22.8. The Morgan fingerprint density at radius 3 is 2.17 bits per heavy atom. The highest BCUT2D eigenvalue weighted by molar-refractivity contribution is 8.00. The van der Waals surface area contributed by atoms with Crippen LogP contribution < -0.4 is 20.7 Å². The molecule has 1 unspecified atom stereocenters. The minimum atomic E-state index is -0.471. The van der Waals surface area contributed by atoms with E-state index in [2.05, 4.69) is 16.0 Å². The topological polar surface area (TPSA) is 96.5 Å². The van der Waals surface area contributed by atoms with Crippen molar-refractivity contribution in [2.45, 2.75) is 24.0 Å². The van der Waals surface area contributed by atoms with Crippen LogP contribution in [0.15, 0.2) is 120 Å². The molecule has 0 heterocycles. The Hall–Kier alpha value is -4.82. The van der Waals surface area contributed by atoms with E-state index in [1.807, 2.05) is 68.4 Å². The van der Waals surface area contributed by atoms with Gasteiger partial charge in [0.25, 0.3) is 11.8 Å². The van der Waals surface area contributed by atoms with E-state index >= 15 is 0 Å². The van der Waals surface area contributed by atoms with Gasteiger partial charge in [-0.1, -0.05) is 54.6 Å². The molecule has 0 aromatic heterocycles. The molecule has 0 aliphatic rings. The van der Waals surface area contributed by atoms with Gasteiger partial charge < -0.3 is 20.7 Å². The van der Waals surface area contributed by atoms with Gasteiger partial charge in [0.1, 0.15) is 11.4 Å². The molecule has 0 bridgehead atoms. The van der Waals surface area contributed by atoms with E-state index in [4.69, 9.17) is 4.74 Å². The quantitative estimate of drug-likeness (QED) is 0.140. The van der Waals surface area contributed by atoms with Gasteiger partial charge in [-0.05, 0) is 80.1 Å². The molecule has 0 aliphatic heterocycles. The van der Waals surface area contributed by atoms with E-state index in [0.29, 0.717) is 23.5 Å². The van der Waals surface area contributed by atoms with Crippen molar-refractivity contribution in [2.24, 2.45) is 0 Å². The third-order valence-corrected chi connectivity index (χ3v) is 6.94. The summed E-state index contributed by atoms with van der Waals surface area (Å²) in [6.07, 6.45) is 1.63. The van der Waals surface area contributed by atoms with Crippen LogP contribution in [0, 0.1) is 0 Å². The van der Waals surface area contributed by atoms with E-state index in [1.165, 1.54) is 11.8 Å². The van der Waals surface area contributed by atoms with E-state index in [-0.39, 0.29) is 17.5 Å². The Balaban J connectivity index is 1.43. The second-order valence-electron chi connectivity index (χ2n) is 8.98. The SMILES string of the molecule is CCOc1ccc(NC(=O)C(C)Sc2cccc(NC(=O)/C(=C/c3ccccc3)NC(=O)c3ccccc3)c2)cc1. The minimum absolute atomic E-state index is 0.103. The van der Waals surface area contributed by atoms with Gasteiger partial charge in [0, 0.05) is 21.8 Å². The fourth-order valence-electron chi connectivity index (χ4n) is 3.81. The Morgan fingerprint density at radius 2 is 1.49 bits per heavy atom. The fraction of sp³-hybridized carbons (Fsp3) is 0.121. The lowest BCUT2D eigenvalue weighted by Gasteiger charge is -2.14. The molecule has 0 saturated carbocycles. The molecule has 4 rings (SSSR count). The summed E-state index contributed by atoms with van der Waals surface area (Å²) >= 11 is 1.37. The summed E-state index contributed by atoms with van der Waals surface area (Å²) < 4.78 is 5.44. The second kappa shape index (κ2) is 14.5. The Kier molecular flexibility index (Phi) is 10.3. The molecule has 3 amide bonds. The molecule has 3 N–H and O–H groups in total. The first kappa shape index (κ1) is 29.2. The van der Waals surface area contributed by atoms with Crippen LogP contribution in [-0.4, -0.2) is 29.6 Å². The molecule has 0 spiro atoms. The monoisotopic (exact) mass is 565 g/mol. The summed E-state index contributed by atoms with van der Waals surface area (Å²) in [5.74, 6) is -0.264. The molecule has 208 valence electrons. The maximum absolute atomic E-state index is 13.3. The van der Waals surface area contributed by atoms with Crippen LogP contribution in [0.3, 0.4) is 0 Å². The zero-order chi connectivity index (χ0) is 29.0. The van der Waals surface area contributed by atoms with Crippen LogP contribution in [0.2, 0.25) is 0 Å². The number of carbonyl (C=O) groups is 3. The molecule has 4 aromatic carbocycles. The largest absolute Gasteiger partial charge is 0.494 e. The normalized spacial score (nSPS) is 11.7. The second-order valence-corrected chi connectivity index (χ2v) is 10.4. The van der Waals surface area contributed by atoms with E-state index in [1.54, 1.807) is 60.7 Å². The Bertz CT molecular complexity index is 1510. The molecule has 41 heavy (non-hydrogen) atoms. The average molecular weight is 566 g/mol. The molecule has 0 fully saturated rings. The number of anilines is 2. The number of benzene rings is 4. The molecule has 0 aliphatic carbocycles. The van der Waals surface area contributed by atoms with Crippen LogP contribution in [0.4, 0.5) is 11.4 Å². The first-order chi connectivity index (χ1) is 19.9. The van der Waals surface area contributed by atoms with Gasteiger partial charge in [-0.3, -0.25) is 14.4 Å². The number of nitrogens with one attached hydrogen (secondary N) is 3. The molecule has 0 radical (unpaired) electrons. The summed E-state index contributed by atoms with van der Waals surface area (Å²) in [5.41, 5.74) is 2.53. The predicted octanol–water partition coefficient (Wildman–Crippen LogP) is 6.61. The van der Waals surface area contributed by atoms with Crippen LogP contribution in [0.1, 0.15) is 29.8 Å². The number of thioether (sulfide) groups is 1. The first-order valence-electron chi connectivity index (χ1n) is 13.2. The van der Waals surface area contributed by atoms with E-state index < -0.39 is 11.2 Å². The van der Waals surface area contributed by atoms with Gasteiger partial charge in [0.05, 0.1) is 11.9 Å². The average Bonchev–Trinajstić information content (AvgIpc) is 2.99. The highest BCUT2D eigenvalue weighted by Crippen LogP contribution is 2.27. The van der Waals surface area contributed by atoms with E-state index in [9.17, 15) is 14.4 Å². The van der Waals surface area contributed by atoms with Crippen molar-refractivity contribution < 1.29 is 19.1 Å². The summed E-state index contributed by atoms with van der Waals surface area (Å²) in [7, 11) is 0. The molecule has 4 aromatic rings. The van der Waals surface area contributed by atoms with Crippen LogP contribution in [-0.2, 0) is 9.59 Å². The number of rotatable bonds is 11. The summed E-state index contributed by atoms with van der Waals surface area (Å²) in [6.45, 7) is 4.31. The Labute approximate surface area is 244 Å². The molecular formula is C33H31N3O4S. The van der Waals surface area contributed by atoms with Gasteiger partial charge in [0.15, 0.2) is 0 Å². The number of carbonyl (C=O) groups excluding carboxylic acids is 3. The lowest BCUT2D eigenvalue weighted by Crippen LogP contribution is -2.30. The van der Waals surface area contributed by atoms with E-state index in [0.717, 1.165) is 16.2 Å². The van der Waals surface area contributed by atoms with Gasteiger partial charge in [-0.25, -0.2) is 0 Å². The highest BCUT2D eigenvalue weighted by Gasteiger charge is 2.17. The van der Waals surface area contributed by atoms with Crippen LogP contribution in [0.5, 0.6) is 5.75 Å². The van der Waals surface area contributed by atoms with Gasteiger partial charge in [0.2, 0.25) is 5.91 Å². The highest BCUT2D eigenvalue weighted by atomic mass is 32.2. The Morgan fingerprint density at radius 1 is 0.805 bits per heavy atom. The molecule has 8 heteroatoms. The van der Waals surface area contributed by atoms with Crippen molar-refractivity contribution in [2.75, 3.05) is 17.2 Å². The molecule has 7 nitrogen and oxygen atoms in total. The maximum atomic E-state index is 13.3. The standard InChI is InChI=1S/C33H31N3O4S/c1-3-40-28-19-17-26(18-20-28)34-31(37)23(2)41-29-16-10-15-27(22-29)35-33(39)30(21-24-11-6-4-7-12-24)36-32(38)25-13-8-5-9-14-25/h4-23H,3H2,1-2H3,(H,34,37)(H,35,39)(H,36,38)/b30-21-. The fourth-order valence-corrected chi connectivity index (χ4v) is 4.73. The number of amides is 3. The molecular weight excluding hydrogens is 534 g/mol. The number of hydrogen-bond acceptors (Lipinski definition) is 5. The van der Waals surface area contributed by atoms with Gasteiger partial charge in [-0.2, -0.15) is 0 Å². The summed E-state index contributed by atoms with van der Waals surface area (Å²) in [6, 6.07) is 32.4. The van der Waals surface area contributed by atoms with Gasteiger partial charge in [-0.15, -0.1) is 11.8 Å². The molecule has 0 saturated heterocycles. The van der Waals surface area contributed by atoms with Gasteiger partial charge >= 0.3 is 0 Å². The van der Waals surface area contributed by atoms with Crippen molar-refractivity contribution >= 4 is 46.9 Å². The zero-order valence-corrected chi connectivity index (χ0v) is 23.6. The van der Waals surface area contributed by atoms with Crippen LogP contribution >= 0.6 is 11.8 Å². The van der Waals surface area contributed by atoms with Crippen molar-refractivity contribution in [3.05, 3.63) is 126 Å². The third kappa shape index (κ3) is 8.84. The third-order valence-electron chi connectivity index (χ3n) is 5.85. The van der Waals surface area contributed by atoms with Crippen molar-refractivity contribution in [1.82, 2.24) is 5.32 Å². The lowest BCUT2D eigenvalue weighted by molar-refractivity contribution is -0.115. The van der Waals surface area contributed by atoms with Crippen molar-refractivity contribution in [3.63, 3.8) is 0 Å².